The average molecular weight is 255 g/mol. The Labute approximate surface area is 103 Å². The zero-order valence-electron chi connectivity index (χ0n) is 8.27. The maximum atomic E-state index is 5.69. The molecule has 0 fully saturated rings. The quantitative estimate of drug-likeness (QED) is 0.790. The van der Waals surface area contributed by atoms with Crippen LogP contribution >= 0.6 is 23.2 Å². The van der Waals surface area contributed by atoms with Crippen LogP contribution in [0.2, 0.25) is 0 Å². The minimum atomic E-state index is 0.323. The maximum Gasteiger partial charge on any atom is 0.109 e. The fourth-order valence-electron chi connectivity index (χ4n) is 1.19. The summed E-state index contributed by atoms with van der Waals surface area (Å²) in [4.78, 5) is 16.7. The molecule has 16 heavy (non-hydrogen) atoms. The Morgan fingerprint density at radius 1 is 0.750 bits per heavy atom. The van der Waals surface area contributed by atoms with E-state index in [1.165, 1.54) is 0 Å². The lowest BCUT2D eigenvalue weighted by Gasteiger charge is -2.02. The van der Waals surface area contributed by atoms with E-state index in [0.717, 1.165) is 0 Å². The van der Waals surface area contributed by atoms with Gasteiger partial charge in [0.1, 0.15) is 11.4 Å². The maximum absolute atomic E-state index is 5.69. The molecule has 0 atom stereocenters. The Morgan fingerprint density at radius 3 is 1.56 bits per heavy atom. The van der Waals surface area contributed by atoms with Crippen LogP contribution in [0.15, 0.2) is 24.8 Å². The van der Waals surface area contributed by atoms with Gasteiger partial charge in [0.2, 0.25) is 0 Å². The third kappa shape index (κ3) is 2.46. The molecule has 2 heterocycles. The van der Waals surface area contributed by atoms with Crippen molar-refractivity contribution in [3.8, 4) is 11.4 Å². The Bertz CT molecular complexity index is 444. The molecule has 0 spiro atoms. The van der Waals surface area contributed by atoms with Crippen LogP contribution in [0.3, 0.4) is 0 Å². The van der Waals surface area contributed by atoms with E-state index in [0.29, 0.717) is 34.5 Å². The largest absolute Gasteiger partial charge is 0.260 e. The summed E-state index contributed by atoms with van der Waals surface area (Å²) in [6.07, 6.45) is 6.49. The van der Waals surface area contributed by atoms with E-state index in [2.05, 4.69) is 19.9 Å². The minimum absolute atomic E-state index is 0.323. The van der Waals surface area contributed by atoms with Crippen molar-refractivity contribution in [3.63, 3.8) is 0 Å². The van der Waals surface area contributed by atoms with Gasteiger partial charge in [-0.2, -0.15) is 0 Å². The first kappa shape index (κ1) is 11.2. The van der Waals surface area contributed by atoms with Crippen molar-refractivity contribution >= 4 is 23.2 Å². The summed E-state index contributed by atoms with van der Waals surface area (Å²) in [5.41, 5.74) is 2.71. The van der Waals surface area contributed by atoms with E-state index < -0.39 is 0 Å². The average Bonchev–Trinajstić information content (AvgIpc) is 2.39. The molecule has 0 bridgehead atoms. The molecule has 0 saturated heterocycles. The van der Waals surface area contributed by atoms with Gasteiger partial charge in [0.15, 0.2) is 0 Å². The Morgan fingerprint density at radius 2 is 1.19 bits per heavy atom. The van der Waals surface area contributed by atoms with Gasteiger partial charge in [-0.15, -0.1) is 23.2 Å². The van der Waals surface area contributed by atoms with Crippen LogP contribution in [0.1, 0.15) is 11.4 Å². The lowest BCUT2D eigenvalue weighted by Crippen LogP contribution is -1.96. The predicted octanol–water partition coefficient (Wildman–Crippen LogP) is 2.41. The van der Waals surface area contributed by atoms with Gasteiger partial charge in [-0.25, -0.2) is 9.97 Å². The van der Waals surface area contributed by atoms with Crippen LogP contribution in [0.25, 0.3) is 11.4 Å². The Balaban J connectivity index is 2.41. The van der Waals surface area contributed by atoms with E-state index in [1.54, 1.807) is 24.8 Å². The highest BCUT2D eigenvalue weighted by molar-refractivity contribution is 6.17. The highest BCUT2D eigenvalue weighted by atomic mass is 35.5. The standard InChI is InChI=1S/C10H8Cl2N4/c11-1-7-3-13-5-9(15-7)10-6-14-4-8(2-12)16-10/h3-6H,1-2H2. The van der Waals surface area contributed by atoms with Crippen molar-refractivity contribution in [2.45, 2.75) is 11.8 Å². The fourth-order valence-corrected chi connectivity index (χ4v) is 1.45. The monoisotopic (exact) mass is 254 g/mol. The van der Waals surface area contributed by atoms with E-state index in [4.69, 9.17) is 23.2 Å². The van der Waals surface area contributed by atoms with Crippen molar-refractivity contribution in [2.24, 2.45) is 0 Å². The van der Waals surface area contributed by atoms with E-state index >= 15 is 0 Å². The summed E-state index contributed by atoms with van der Waals surface area (Å²) in [6, 6.07) is 0. The van der Waals surface area contributed by atoms with Crippen molar-refractivity contribution in [1.29, 1.82) is 0 Å². The highest BCUT2D eigenvalue weighted by Crippen LogP contribution is 2.14. The molecule has 0 aliphatic carbocycles. The van der Waals surface area contributed by atoms with Crippen LogP contribution in [-0.2, 0) is 11.8 Å². The van der Waals surface area contributed by atoms with Crippen molar-refractivity contribution in [3.05, 3.63) is 36.2 Å². The van der Waals surface area contributed by atoms with Gasteiger partial charge in [0.25, 0.3) is 0 Å². The molecule has 0 amide bonds. The topological polar surface area (TPSA) is 51.6 Å². The van der Waals surface area contributed by atoms with Crippen molar-refractivity contribution < 1.29 is 0 Å². The lowest BCUT2D eigenvalue weighted by atomic mass is 10.3. The van der Waals surface area contributed by atoms with Gasteiger partial charge in [-0.1, -0.05) is 0 Å². The summed E-state index contributed by atoms with van der Waals surface area (Å²) in [6.45, 7) is 0. The van der Waals surface area contributed by atoms with Crippen LogP contribution in [0.4, 0.5) is 0 Å². The van der Waals surface area contributed by atoms with E-state index in [1.807, 2.05) is 0 Å². The molecule has 6 heteroatoms. The number of aromatic nitrogens is 4. The zero-order chi connectivity index (χ0) is 11.4. The number of nitrogens with zero attached hydrogens (tertiary/aromatic N) is 4. The molecule has 2 aromatic rings. The first-order valence-electron chi connectivity index (χ1n) is 4.57. The molecule has 0 aromatic carbocycles. The Kier molecular flexibility index (Phi) is 3.64. The number of halogens is 2. The molecule has 0 aliphatic heterocycles. The summed E-state index contributed by atoms with van der Waals surface area (Å²) in [5.74, 6) is 0.646. The summed E-state index contributed by atoms with van der Waals surface area (Å²) < 4.78 is 0. The lowest BCUT2D eigenvalue weighted by molar-refractivity contribution is 1.05. The van der Waals surface area contributed by atoms with Gasteiger partial charge >= 0.3 is 0 Å². The SMILES string of the molecule is ClCc1cncc(-c2cncc(CCl)n2)n1. The predicted molar refractivity (Wildman–Crippen MR) is 62.2 cm³/mol. The first-order valence-corrected chi connectivity index (χ1v) is 5.64. The van der Waals surface area contributed by atoms with Crippen LogP contribution in [-0.4, -0.2) is 19.9 Å². The number of hydrogen-bond donors (Lipinski definition) is 0. The van der Waals surface area contributed by atoms with E-state index in [-0.39, 0.29) is 0 Å². The first-order chi connectivity index (χ1) is 7.83. The number of alkyl halides is 2. The van der Waals surface area contributed by atoms with Crippen LogP contribution in [0.5, 0.6) is 0 Å². The van der Waals surface area contributed by atoms with Crippen molar-refractivity contribution in [1.82, 2.24) is 19.9 Å². The normalized spacial score (nSPS) is 10.4. The molecular weight excluding hydrogens is 247 g/mol. The van der Waals surface area contributed by atoms with Crippen LogP contribution in [0, 0.1) is 0 Å². The molecule has 0 N–H and O–H groups in total. The third-order valence-corrected chi connectivity index (χ3v) is 2.45. The fraction of sp³-hybridized carbons (Fsp3) is 0.200. The molecule has 0 unspecified atom stereocenters. The minimum Gasteiger partial charge on any atom is -0.260 e. The third-order valence-electron chi connectivity index (χ3n) is 1.91. The van der Waals surface area contributed by atoms with Gasteiger partial charge in [-0.05, 0) is 0 Å². The molecule has 4 nitrogen and oxygen atoms in total. The summed E-state index contributed by atoms with van der Waals surface area (Å²) in [7, 11) is 0. The van der Waals surface area contributed by atoms with Gasteiger partial charge in [-0.3, -0.25) is 9.97 Å². The summed E-state index contributed by atoms with van der Waals surface area (Å²) in [5, 5.41) is 0. The molecule has 0 saturated carbocycles. The van der Waals surface area contributed by atoms with Gasteiger partial charge in [0, 0.05) is 12.4 Å². The second-order valence-corrected chi connectivity index (χ2v) is 3.59. The zero-order valence-corrected chi connectivity index (χ0v) is 9.78. The molecule has 2 aromatic heterocycles. The van der Waals surface area contributed by atoms with Crippen LogP contribution < -0.4 is 0 Å². The summed E-state index contributed by atoms with van der Waals surface area (Å²) >= 11 is 11.4. The number of hydrogen-bond acceptors (Lipinski definition) is 4. The molecule has 0 aliphatic rings. The molecule has 0 radical (unpaired) electrons. The smallest absolute Gasteiger partial charge is 0.109 e. The molecule has 82 valence electrons. The molecule has 2 rings (SSSR count). The second-order valence-electron chi connectivity index (χ2n) is 3.06. The Hall–Kier alpha value is -1.26. The van der Waals surface area contributed by atoms with E-state index in [9.17, 15) is 0 Å². The van der Waals surface area contributed by atoms with Crippen molar-refractivity contribution in [2.75, 3.05) is 0 Å². The second kappa shape index (κ2) is 5.18. The van der Waals surface area contributed by atoms with Gasteiger partial charge < -0.3 is 0 Å². The highest BCUT2D eigenvalue weighted by Gasteiger charge is 2.04. The number of rotatable bonds is 3. The van der Waals surface area contributed by atoms with Gasteiger partial charge in [0.05, 0.1) is 35.5 Å². The molecular formula is C10H8Cl2N4.